The van der Waals surface area contributed by atoms with Crippen LogP contribution in [0.4, 0.5) is 42.5 Å². The number of amides is 3. The Kier molecular flexibility index (Phi) is 10.9. The number of halogens is 6. The second-order valence-corrected chi connectivity index (χ2v) is 13.2. The number of para-hydroxylation sites is 1. The summed E-state index contributed by atoms with van der Waals surface area (Å²) in [6, 6.07) is 10.1. The molecule has 0 saturated carbocycles. The lowest BCUT2D eigenvalue weighted by Gasteiger charge is -2.43. The summed E-state index contributed by atoms with van der Waals surface area (Å²) >= 11 is 1.09. The van der Waals surface area contributed by atoms with Crippen LogP contribution >= 0.6 is 11.3 Å². The molecule has 0 radical (unpaired) electrons. The van der Waals surface area contributed by atoms with Crippen LogP contribution in [0.15, 0.2) is 66.3 Å². The van der Waals surface area contributed by atoms with Crippen molar-refractivity contribution in [1.29, 1.82) is 0 Å². The Bertz CT molecular complexity index is 1900. The van der Waals surface area contributed by atoms with Gasteiger partial charge in [-0.1, -0.05) is 18.2 Å². The lowest BCUT2D eigenvalue weighted by atomic mass is 10.0. The zero-order chi connectivity index (χ0) is 37.8. The second-order valence-electron chi connectivity index (χ2n) is 12.4. The number of alkyl halides is 6. The fourth-order valence-corrected chi connectivity index (χ4v) is 5.99. The van der Waals surface area contributed by atoms with Gasteiger partial charge in [-0.3, -0.25) is 14.5 Å². The van der Waals surface area contributed by atoms with Crippen molar-refractivity contribution in [3.63, 3.8) is 0 Å². The number of nitrogens with one attached hydrogen (secondary N) is 2. The van der Waals surface area contributed by atoms with E-state index in [-0.39, 0.29) is 30.2 Å². The molecule has 0 bridgehead atoms. The van der Waals surface area contributed by atoms with Crippen LogP contribution in [0.5, 0.6) is 11.5 Å². The topological polar surface area (TPSA) is 139 Å². The van der Waals surface area contributed by atoms with Gasteiger partial charge in [-0.15, -0.1) is 11.3 Å². The largest absolute Gasteiger partial charge is 0.471 e. The first-order valence-corrected chi connectivity index (χ1v) is 16.4. The number of hydrogen-bond acceptors (Lipinski definition) is 10. The van der Waals surface area contributed by atoms with Gasteiger partial charge in [-0.05, 0) is 51.1 Å². The number of carbonyl (C=O) groups excluding carboxylic acids is 3. The summed E-state index contributed by atoms with van der Waals surface area (Å²) < 4.78 is 96.0. The molecular formula is C33H31F6N7O5S. The van der Waals surface area contributed by atoms with Crippen molar-refractivity contribution in [2.75, 3.05) is 36.4 Å². The third-order valence-corrected chi connectivity index (χ3v) is 8.28. The fraction of sp³-hybridized carbons (Fsp3) is 0.333. The van der Waals surface area contributed by atoms with Crippen LogP contribution in [0.2, 0.25) is 0 Å². The molecule has 1 atom stereocenters. The molecule has 1 aliphatic rings. The minimum atomic E-state index is -5.27. The summed E-state index contributed by atoms with van der Waals surface area (Å²) in [5, 5.41) is 13.5. The molecule has 276 valence electrons. The van der Waals surface area contributed by atoms with Crippen molar-refractivity contribution in [3.8, 4) is 22.1 Å². The molecule has 52 heavy (non-hydrogen) atoms. The maximum atomic E-state index is 15.2. The van der Waals surface area contributed by atoms with Crippen LogP contribution in [-0.2, 0) is 15.7 Å². The number of aromatic nitrogens is 3. The third kappa shape index (κ3) is 9.25. The minimum absolute atomic E-state index is 0.0684. The first-order chi connectivity index (χ1) is 24.4. The molecule has 19 heteroatoms. The van der Waals surface area contributed by atoms with Crippen molar-refractivity contribution < 1.29 is 50.2 Å². The molecule has 0 aliphatic carbocycles. The molecule has 1 saturated heterocycles. The Morgan fingerprint density at radius 2 is 1.69 bits per heavy atom. The fourth-order valence-electron chi connectivity index (χ4n) is 5.20. The molecule has 0 spiro atoms. The van der Waals surface area contributed by atoms with Gasteiger partial charge in [0.25, 0.3) is 5.91 Å². The van der Waals surface area contributed by atoms with Crippen LogP contribution in [0, 0.1) is 0 Å². The predicted octanol–water partition coefficient (Wildman–Crippen LogP) is 6.77. The number of ether oxygens (including phenoxy) is 2. The average molecular weight is 752 g/mol. The van der Waals surface area contributed by atoms with E-state index in [2.05, 4.69) is 20.5 Å². The number of benzene rings is 2. The van der Waals surface area contributed by atoms with Crippen molar-refractivity contribution in [2.24, 2.45) is 0 Å². The van der Waals surface area contributed by atoms with Gasteiger partial charge in [0.15, 0.2) is 0 Å². The Morgan fingerprint density at radius 1 is 0.962 bits per heavy atom. The Morgan fingerprint density at radius 3 is 2.33 bits per heavy atom. The van der Waals surface area contributed by atoms with E-state index >= 15 is 13.2 Å². The number of carbonyl (C=O) groups is 3. The van der Waals surface area contributed by atoms with Crippen molar-refractivity contribution in [3.05, 3.63) is 77.6 Å². The highest BCUT2D eigenvalue weighted by atomic mass is 32.1. The molecule has 2 aromatic carbocycles. The van der Waals surface area contributed by atoms with Gasteiger partial charge in [0.05, 0.1) is 29.8 Å². The summed E-state index contributed by atoms with van der Waals surface area (Å²) in [6.45, 7) is 2.75. The normalized spacial score (nSPS) is 15.2. The van der Waals surface area contributed by atoms with Crippen molar-refractivity contribution in [2.45, 2.75) is 44.8 Å². The van der Waals surface area contributed by atoms with Crippen LogP contribution < -0.4 is 20.3 Å². The number of thiazole rings is 1. The zero-order valence-electron chi connectivity index (χ0n) is 27.7. The standard InChI is InChI=1S/C33H31F6N7O5S/c1-31(2,3)51-30(49)46-14-13-45(17-20(46)16-40-29(48)33(37,38)39)26-22(43-27(47)23-18-52-28(44-23)19-11-12-41-42-15-19)9-10-24(25(26)32(34,35)36)50-21-7-5-4-6-8-21/h4-12,15,18,20H,13-14,16-17H2,1-3H3,(H,40,48)(H,43,47)/t20-/m0/s1. The summed E-state index contributed by atoms with van der Waals surface area (Å²) in [6.07, 6.45) is -8.48. The highest BCUT2D eigenvalue weighted by Gasteiger charge is 2.44. The molecule has 3 heterocycles. The van der Waals surface area contributed by atoms with E-state index in [1.165, 1.54) is 36.0 Å². The van der Waals surface area contributed by atoms with Gasteiger partial charge < -0.3 is 25.0 Å². The molecule has 4 aromatic rings. The Balaban J connectivity index is 1.56. The summed E-state index contributed by atoms with van der Waals surface area (Å²) in [5.74, 6) is -3.73. The second kappa shape index (κ2) is 15.0. The van der Waals surface area contributed by atoms with E-state index < -0.39 is 72.0 Å². The Hall–Kier alpha value is -5.46. The molecule has 1 aliphatic heterocycles. The summed E-state index contributed by atoms with van der Waals surface area (Å²) in [7, 11) is 0. The van der Waals surface area contributed by atoms with E-state index in [0.29, 0.717) is 10.6 Å². The van der Waals surface area contributed by atoms with Crippen molar-refractivity contribution in [1.82, 2.24) is 25.4 Å². The Labute approximate surface area is 296 Å². The van der Waals surface area contributed by atoms with E-state index in [1.54, 1.807) is 50.4 Å². The van der Waals surface area contributed by atoms with Gasteiger partial charge >= 0.3 is 24.4 Å². The molecule has 1 fully saturated rings. The highest BCUT2D eigenvalue weighted by Crippen LogP contribution is 2.48. The first kappa shape index (κ1) is 37.8. The average Bonchev–Trinajstić information content (AvgIpc) is 3.57. The number of rotatable bonds is 8. The van der Waals surface area contributed by atoms with Gasteiger partial charge in [-0.2, -0.15) is 36.5 Å². The van der Waals surface area contributed by atoms with Crippen molar-refractivity contribution >= 4 is 40.6 Å². The molecule has 5 rings (SSSR count). The molecule has 0 unspecified atom stereocenters. The zero-order valence-corrected chi connectivity index (χ0v) is 28.5. The summed E-state index contributed by atoms with van der Waals surface area (Å²) in [5.41, 5.74) is -2.82. The maximum absolute atomic E-state index is 15.2. The highest BCUT2D eigenvalue weighted by molar-refractivity contribution is 7.13. The van der Waals surface area contributed by atoms with Crippen LogP contribution in [0.3, 0.4) is 0 Å². The van der Waals surface area contributed by atoms with Crippen LogP contribution in [-0.4, -0.2) is 82.0 Å². The quantitative estimate of drug-likeness (QED) is 0.187. The molecule has 2 N–H and O–H groups in total. The third-order valence-electron chi connectivity index (χ3n) is 7.39. The number of anilines is 2. The molecule has 12 nitrogen and oxygen atoms in total. The molecular weight excluding hydrogens is 720 g/mol. The molecule has 2 aromatic heterocycles. The van der Waals surface area contributed by atoms with E-state index in [4.69, 9.17) is 9.47 Å². The van der Waals surface area contributed by atoms with E-state index in [0.717, 1.165) is 27.2 Å². The number of piperazine rings is 1. The lowest BCUT2D eigenvalue weighted by molar-refractivity contribution is -0.173. The predicted molar refractivity (Wildman–Crippen MR) is 177 cm³/mol. The van der Waals surface area contributed by atoms with E-state index in [9.17, 15) is 27.6 Å². The molecule has 3 amide bonds. The summed E-state index contributed by atoms with van der Waals surface area (Å²) in [4.78, 5) is 44.9. The van der Waals surface area contributed by atoms with Gasteiger partial charge in [0.1, 0.15) is 33.4 Å². The van der Waals surface area contributed by atoms with Gasteiger partial charge in [-0.25, -0.2) is 9.78 Å². The lowest BCUT2D eigenvalue weighted by Crippen LogP contribution is -2.60. The van der Waals surface area contributed by atoms with Crippen LogP contribution in [0.25, 0.3) is 10.6 Å². The monoisotopic (exact) mass is 751 g/mol. The van der Waals surface area contributed by atoms with Gasteiger partial charge in [0.2, 0.25) is 0 Å². The number of nitrogens with zero attached hydrogens (tertiary/aromatic N) is 5. The first-order valence-electron chi connectivity index (χ1n) is 15.5. The minimum Gasteiger partial charge on any atom is -0.457 e. The van der Waals surface area contributed by atoms with Crippen LogP contribution in [0.1, 0.15) is 36.8 Å². The van der Waals surface area contributed by atoms with Gasteiger partial charge in [0, 0.05) is 37.1 Å². The SMILES string of the molecule is CC(C)(C)OC(=O)N1CCN(c2c(NC(=O)c3csc(-c4ccnnc4)n3)ccc(Oc3ccccc3)c2C(F)(F)F)C[C@@H]1CNC(=O)C(F)(F)F. The smallest absolute Gasteiger partial charge is 0.457 e. The number of hydrogen-bond donors (Lipinski definition) is 2. The maximum Gasteiger partial charge on any atom is 0.471 e. The van der Waals surface area contributed by atoms with E-state index in [1.807, 2.05) is 0 Å².